The summed E-state index contributed by atoms with van der Waals surface area (Å²) in [5.74, 6) is 0.209. The maximum absolute atomic E-state index is 12.2. The van der Waals surface area contributed by atoms with E-state index < -0.39 is 0 Å². The molecule has 1 atom stereocenters. The number of nitrogens with two attached hydrogens (primary N) is 1. The lowest BCUT2D eigenvalue weighted by atomic mass is 10.1. The minimum Gasteiger partial charge on any atom is -0.378 e. The number of ether oxygens (including phenoxy) is 1. The summed E-state index contributed by atoms with van der Waals surface area (Å²) in [5.41, 5.74) is 5.50. The van der Waals surface area contributed by atoms with E-state index in [-0.39, 0.29) is 18.1 Å². The van der Waals surface area contributed by atoms with Crippen LogP contribution in [0.5, 0.6) is 0 Å². The van der Waals surface area contributed by atoms with Gasteiger partial charge in [-0.1, -0.05) is 0 Å². The van der Waals surface area contributed by atoms with E-state index in [1.54, 1.807) is 0 Å². The Kier molecular flexibility index (Phi) is 6.52. The maximum Gasteiger partial charge on any atom is 0.225 e. The molecular weight excluding hydrogens is 216 g/mol. The third-order valence-corrected chi connectivity index (χ3v) is 3.22. The molecule has 1 fully saturated rings. The molecule has 1 aliphatic rings. The third kappa shape index (κ3) is 5.04. The molecule has 1 amide bonds. The van der Waals surface area contributed by atoms with E-state index >= 15 is 0 Å². The van der Waals surface area contributed by atoms with E-state index in [1.165, 1.54) is 6.42 Å². The third-order valence-electron chi connectivity index (χ3n) is 3.22. The second kappa shape index (κ2) is 7.67. The summed E-state index contributed by atoms with van der Waals surface area (Å²) >= 11 is 0. The van der Waals surface area contributed by atoms with E-state index in [0.29, 0.717) is 13.0 Å². The highest BCUT2D eigenvalue weighted by Gasteiger charge is 2.22. The molecule has 17 heavy (non-hydrogen) atoms. The molecule has 1 rings (SSSR count). The molecule has 1 aliphatic heterocycles. The Morgan fingerprint density at radius 3 is 2.76 bits per heavy atom. The average Bonchev–Trinajstić information content (AvgIpc) is 2.30. The molecule has 1 saturated heterocycles. The Morgan fingerprint density at radius 2 is 2.24 bits per heavy atom. The summed E-state index contributed by atoms with van der Waals surface area (Å²) in [6, 6.07) is 0.248. The van der Waals surface area contributed by atoms with Crippen LogP contribution in [0, 0.1) is 0 Å². The fraction of sp³-hybridized carbons (Fsp3) is 0.923. The minimum atomic E-state index is 0.135. The van der Waals surface area contributed by atoms with Crippen molar-refractivity contribution < 1.29 is 9.53 Å². The van der Waals surface area contributed by atoms with Crippen LogP contribution in [0.15, 0.2) is 0 Å². The van der Waals surface area contributed by atoms with Crippen molar-refractivity contribution in [2.24, 2.45) is 5.73 Å². The number of carbonyl (C=O) groups is 1. The summed E-state index contributed by atoms with van der Waals surface area (Å²) in [6.45, 7) is 6.31. The van der Waals surface area contributed by atoms with Gasteiger partial charge in [0.05, 0.1) is 12.5 Å². The van der Waals surface area contributed by atoms with E-state index in [0.717, 1.165) is 32.4 Å². The number of amides is 1. The van der Waals surface area contributed by atoms with Gasteiger partial charge in [-0.25, -0.2) is 0 Å². The molecule has 0 aromatic rings. The molecule has 0 radical (unpaired) electrons. The molecule has 0 saturated carbocycles. The highest BCUT2D eigenvalue weighted by atomic mass is 16.5. The van der Waals surface area contributed by atoms with Crippen molar-refractivity contribution >= 4 is 5.91 Å². The molecule has 0 aromatic heterocycles. The SMILES string of the molecule is CC(C)N(CCCN)C(=O)CC1CCCCO1. The number of rotatable bonds is 6. The second-order valence-electron chi connectivity index (χ2n) is 5.02. The number of carbonyl (C=O) groups excluding carboxylic acids is 1. The predicted octanol–water partition coefficient (Wildman–Crippen LogP) is 1.53. The van der Waals surface area contributed by atoms with E-state index in [4.69, 9.17) is 10.5 Å². The van der Waals surface area contributed by atoms with Crippen molar-refractivity contribution in [3.63, 3.8) is 0 Å². The van der Waals surface area contributed by atoms with Crippen molar-refractivity contribution in [3.05, 3.63) is 0 Å². The van der Waals surface area contributed by atoms with Gasteiger partial charge in [0.15, 0.2) is 0 Å². The number of nitrogens with zero attached hydrogens (tertiary/aromatic N) is 1. The van der Waals surface area contributed by atoms with E-state index in [1.807, 2.05) is 4.90 Å². The van der Waals surface area contributed by atoms with Crippen LogP contribution in [0.3, 0.4) is 0 Å². The van der Waals surface area contributed by atoms with Crippen molar-refractivity contribution in [1.82, 2.24) is 4.90 Å². The standard InChI is InChI=1S/C13H26N2O2/c1-11(2)15(8-5-7-14)13(16)10-12-6-3-4-9-17-12/h11-12H,3-10,14H2,1-2H3. The Hall–Kier alpha value is -0.610. The van der Waals surface area contributed by atoms with Gasteiger partial charge in [-0.15, -0.1) is 0 Å². The average molecular weight is 242 g/mol. The zero-order chi connectivity index (χ0) is 12.7. The first-order valence-electron chi connectivity index (χ1n) is 6.76. The molecule has 1 heterocycles. The molecule has 2 N–H and O–H groups in total. The normalized spacial score (nSPS) is 20.6. The molecule has 100 valence electrons. The van der Waals surface area contributed by atoms with Gasteiger partial charge in [0.25, 0.3) is 0 Å². The van der Waals surface area contributed by atoms with Gasteiger partial charge in [-0.05, 0) is 46.1 Å². The second-order valence-corrected chi connectivity index (χ2v) is 5.02. The predicted molar refractivity (Wildman–Crippen MR) is 68.7 cm³/mol. The number of hydrogen-bond acceptors (Lipinski definition) is 3. The summed E-state index contributed by atoms with van der Waals surface area (Å²) in [4.78, 5) is 14.1. The summed E-state index contributed by atoms with van der Waals surface area (Å²) in [5, 5.41) is 0. The van der Waals surface area contributed by atoms with Crippen LogP contribution in [0.25, 0.3) is 0 Å². The van der Waals surface area contributed by atoms with Crippen LogP contribution in [0.4, 0.5) is 0 Å². The van der Waals surface area contributed by atoms with Crippen LogP contribution in [-0.4, -0.2) is 42.6 Å². The Labute approximate surface area is 104 Å². The van der Waals surface area contributed by atoms with Crippen LogP contribution in [0.2, 0.25) is 0 Å². The van der Waals surface area contributed by atoms with Gasteiger partial charge >= 0.3 is 0 Å². The van der Waals surface area contributed by atoms with Crippen LogP contribution < -0.4 is 5.73 Å². The Balaban J connectivity index is 2.40. The maximum atomic E-state index is 12.2. The van der Waals surface area contributed by atoms with E-state index in [9.17, 15) is 4.79 Å². The van der Waals surface area contributed by atoms with Crippen molar-refractivity contribution in [3.8, 4) is 0 Å². The largest absolute Gasteiger partial charge is 0.378 e. The molecule has 1 unspecified atom stereocenters. The van der Waals surface area contributed by atoms with Gasteiger partial charge in [-0.3, -0.25) is 4.79 Å². The van der Waals surface area contributed by atoms with Crippen molar-refractivity contribution in [2.75, 3.05) is 19.7 Å². The van der Waals surface area contributed by atoms with Crippen molar-refractivity contribution in [1.29, 1.82) is 0 Å². The summed E-state index contributed by atoms with van der Waals surface area (Å²) in [6.07, 6.45) is 4.87. The number of hydrogen-bond donors (Lipinski definition) is 1. The lowest BCUT2D eigenvalue weighted by Crippen LogP contribution is -2.40. The summed E-state index contributed by atoms with van der Waals surface area (Å²) < 4.78 is 5.61. The Morgan fingerprint density at radius 1 is 1.47 bits per heavy atom. The lowest BCUT2D eigenvalue weighted by molar-refractivity contribution is -0.136. The summed E-state index contributed by atoms with van der Waals surface area (Å²) in [7, 11) is 0. The lowest BCUT2D eigenvalue weighted by Gasteiger charge is -2.29. The van der Waals surface area contributed by atoms with Gasteiger partial charge in [-0.2, -0.15) is 0 Å². The Bertz CT molecular complexity index is 225. The highest BCUT2D eigenvalue weighted by molar-refractivity contribution is 5.77. The molecule has 4 nitrogen and oxygen atoms in total. The first-order chi connectivity index (χ1) is 8.15. The molecule has 0 aromatic carbocycles. The van der Waals surface area contributed by atoms with Gasteiger partial charge < -0.3 is 15.4 Å². The molecule has 0 spiro atoms. The van der Waals surface area contributed by atoms with Crippen LogP contribution in [0.1, 0.15) is 46.0 Å². The zero-order valence-electron chi connectivity index (χ0n) is 11.2. The fourth-order valence-corrected chi connectivity index (χ4v) is 2.21. The van der Waals surface area contributed by atoms with Crippen LogP contribution in [-0.2, 0) is 9.53 Å². The molecule has 0 bridgehead atoms. The molecule has 4 heteroatoms. The fourth-order valence-electron chi connectivity index (χ4n) is 2.21. The van der Waals surface area contributed by atoms with E-state index in [2.05, 4.69) is 13.8 Å². The van der Waals surface area contributed by atoms with Crippen LogP contribution >= 0.6 is 0 Å². The zero-order valence-corrected chi connectivity index (χ0v) is 11.2. The van der Waals surface area contributed by atoms with Crippen molar-refractivity contribution in [2.45, 2.75) is 58.1 Å². The minimum absolute atomic E-state index is 0.135. The molecular formula is C13H26N2O2. The topological polar surface area (TPSA) is 55.6 Å². The highest BCUT2D eigenvalue weighted by Crippen LogP contribution is 2.17. The molecule has 0 aliphatic carbocycles. The monoisotopic (exact) mass is 242 g/mol. The quantitative estimate of drug-likeness (QED) is 0.768. The smallest absolute Gasteiger partial charge is 0.225 e. The first kappa shape index (κ1) is 14.5. The van der Waals surface area contributed by atoms with Gasteiger partial charge in [0.1, 0.15) is 0 Å². The van der Waals surface area contributed by atoms with Gasteiger partial charge in [0, 0.05) is 19.2 Å². The first-order valence-corrected chi connectivity index (χ1v) is 6.76. The van der Waals surface area contributed by atoms with Gasteiger partial charge in [0.2, 0.25) is 5.91 Å².